The van der Waals surface area contributed by atoms with Gasteiger partial charge in [0.1, 0.15) is 11.9 Å². The lowest BCUT2D eigenvalue weighted by molar-refractivity contribution is 0.0602. The zero-order valence-corrected chi connectivity index (χ0v) is 16.5. The van der Waals surface area contributed by atoms with E-state index < -0.39 is 11.5 Å². The maximum Gasteiger partial charge on any atom is 0.407 e. The first-order valence-electron chi connectivity index (χ1n) is 8.44. The fraction of sp³-hybridized carbons (Fsp3) is 0.579. The second kappa shape index (κ2) is 7.74. The molecule has 6 heteroatoms. The molecule has 1 saturated carbocycles. The highest BCUT2D eigenvalue weighted by molar-refractivity contribution is 9.08. The van der Waals surface area contributed by atoms with Gasteiger partial charge < -0.3 is 10.1 Å². The summed E-state index contributed by atoms with van der Waals surface area (Å²) < 4.78 is 19.6. The number of amides is 1. The molecular weight excluding hydrogens is 387 g/mol. The van der Waals surface area contributed by atoms with E-state index in [9.17, 15) is 14.4 Å². The highest BCUT2D eigenvalue weighted by atomic mass is 79.9. The van der Waals surface area contributed by atoms with Crippen molar-refractivity contribution < 1.29 is 13.9 Å². The topological polar surface area (TPSA) is 62.1 Å². The van der Waals surface area contributed by atoms with Gasteiger partial charge in [-0.25, -0.2) is 9.18 Å². The lowest BCUT2D eigenvalue weighted by Gasteiger charge is -2.35. The summed E-state index contributed by atoms with van der Waals surface area (Å²) in [4.78, 5) is 11.9. The van der Waals surface area contributed by atoms with Crippen molar-refractivity contribution in [1.29, 1.82) is 5.26 Å². The van der Waals surface area contributed by atoms with Crippen LogP contribution in [-0.2, 0) is 15.5 Å². The third kappa shape index (κ3) is 4.94. The molecule has 0 saturated heterocycles. The number of halogens is 2. The molecule has 0 spiro atoms. The van der Waals surface area contributed by atoms with Crippen LogP contribution >= 0.6 is 15.9 Å². The normalized spacial score (nSPS) is 23.6. The van der Waals surface area contributed by atoms with Crippen LogP contribution in [0, 0.1) is 17.1 Å². The van der Waals surface area contributed by atoms with E-state index in [1.807, 2.05) is 26.8 Å². The molecule has 4 nitrogen and oxygen atoms in total. The zero-order valence-electron chi connectivity index (χ0n) is 14.9. The van der Waals surface area contributed by atoms with Crippen LogP contribution in [0.15, 0.2) is 18.2 Å². The van der Waals surface area contributed by atoms with E-state index in [2.05, 4.69) is 27.3 Å². The van der Waals surface area contributed by atoms with Gasteiger partial charge in [0.15, 0.2) is 0 Å². The molecule has 0 radical (unpaired) electrons. The fourth-order valence-corrected chi connectivity index (χ4v) is 3.56. The van der Waals surface area contributed by atoms with Crippen molar-refractivity contribution >= 4 is 22.0 Å². The highest BCUT2D eigenvalue weighted by Crippen LogP contribution is 2.40. The Morgan fingerprint density at radius 2 is 2.08 bits per heavy atom. The van der Waals surface area contributed by atoms with Crippen LogP contribution in [0.5, 0.6) is 0 Å². The molecule has 25 heavy (non-hydrogen) atoms. The molecule has 0 aliphatic heterocycles. The molecule has 0 unspecified atom stereocenters. The van der Waals surface area contributed by atoms with Gasteiger partial charge in [0.25, 0.3) is 0 Å². The number of carbonyl (C=O) groups is 1. The minimum absolute atomic E-state index is 0.213. The Kier molecular flexibility index (Phi) is 6.10. The summed E-state index contributed by atoms with van der Waals surface area (Å²) in [5.41, 5.74) is 0.214. The van der Waals surface area contributed by atoms with Crippen molar-refractivity contribution in [2.45, 2.75) is 68.8 Å². The van der Waals surface area contributed by atoms with Crippen molar-refractivity contribution in [2.24, 2.45) is 0 Å². The Hall–Kier alpha value is -1.61. The Balaban J connectivity index is 2.04. The van der Waals surface area contributed by atoms with Crippen LogP contribution in [-0.4, -0.2) is 17.7 Å². The average Bonchev–Trinajstić information content (AvgIpc) is 2.54. The average molecular weight is 411 g/mol. The van der Waals surface area contributed by atoms with Crippen LogP contribution in [0.4, 0.5) is 9.18 Å². The third-order valence-electron chi connectivity index (χ3n) is 4.50. The molecule has 136 valence electrons. The number of alkyl carbamates (subject to hydrolysis) is 1. The molecule has 1 aliphatic carbocycles. The van der Waals surface area contributed by atoms with Gasteiger partial charge in [0.05, 0.1) is 11.5 Å². The second-order valence-corrected chi connectivity index (χ2v) is 8.17. The molecule has 0 atom stereocenters. The predicted octanol–water partition coefficient (Wildman–Crippen LogP) is 4.95. The molecule has 1 aromatic rings. The van der Waals surface area contributed by atoms with Gasteiger partial charge in [-0.05, 0) is 63.6 Å². The molecule has 0 heterocycles. The molecule has 1 aliphatic rings. The Bertz CT molecular complexity index is 671. The predicted molar refractivity (Wildman–Crippen MR) is 97.9 cm³/mol. The van der Waals surface area contributed by atoms with E-state index in [1.165, 1.54) is 6.07 Å². The largest absolute Gasteiger partial charge is 0.446 e. The zero-order chi connectivity index (χ0) is 18.7. The van der Waals surface area contributed by atoms with E-state index in [1.54, 1.807) is 6.07 Å². The molecule has 2 rings (SSSR count). The van der Waals surface area contributed by atoms with E-state index in [0.29, 0.717) is 42.1 Å². The number of hydrogen-bond donors (Lipinski definition) is 1. The van der Waals surface area contributed by atoms with Gasteiger partial charge in [-0.3, -0.25) is 0 Å². The van der Waals surface area contributed by atoms with Crippen LogP contribution in [0.25, 0.3) is 0 Å². The third-order valence-corrected chi connectivity index (χ3v) is 5.10. The monoisotopic (exact) mass is 410 g/mol. The number of nitrogens with zero attached hydrogens (tertiary/aromatic N) is 1. The lowest BCUT2D eigenvalue weighted by atomic mass is 9.69. The summed E-state index contributed by atoms with van der Waals surface area (Å²) in [6, 6.07) is 7.39. The first kappa shape index (κ1) is 19.7. The second-order valence-electron chi connectivity index (χ2n) is 7.61. The van der Waals surface area contributed by atoms with Crippen molar-refractivity contribution in [3.8, 4) is 6.07 Å². The van der Waals surface area contributed by atoms with Crippen molar-refractivity contribution in [2.75, 3.05) is 0 Å². The van der Waals surface area contributed by atoms with Crippen molar-refractivity contribution in [3.05, 3.63) is 35.1 Å². The summed E-state index contributed by atoms with van der Waals surface area (Å²) >= 11 is 3.25. The van der Waals surface area contributed by atoms with E-state index in [0.717, 1.165) is 0 Å². The van der Waals surface area contributed by atoms with Crippen molar-refractivity contribution in [3.63, 3.8) is 0 Å². The molecule has 0 aromatic heterocycles. The van der Waals surface area contributed by atoms with Gasteiger partial charge in [-0.1, -0.05) is 28.1 Å². The van der Waals surface area contributed by atoms with Gasteiger partial charge in [-0.2, -0.15) is 5.26 Å². The van der Waals surface area contributed by atoms with E-state index in [-0.39, 0.29) is 17.5 Å². The van der Waals surface area contributed by atoms with Gasteiger partial charge in [-0.15, -0.1) is 0 Å². The van der Waals surface area contributed by atoms with Crippen LogP contribution in [0.2, 0.25) is 0 Å². The van der Waals surface area contributed by atoms with Crippen LogP contribution < -0.4 is 5.32 Å². The Morgan fingerprint density at radius 1 is 1.44 bits per heavy atom. The smallest absolute Gasteiger partial charge is 0.407 e. The van der Waals surface area contributed by atoms with Gasteiger partial charge in [0, 0.05) is 10.9 Å². The maximum absolute atomic E-state index is 14.1. The number of nitriles is 1. The number of nitrogens with one attached hydrogen (secondary N) is 1. The molecular formula is C19H24BrFN2O2. The molecule has 1 N–H and O–H groups in total. The van der Waals surface area contributed by atoms with Crippen LogP contribution in [0.3, 0.4) is 0 Å². The SMILES string of the molecule is CC(C)(C)NC(=O)OC1CCC(C#N)(c2ccc(CBr)c(F)c2)CC1. The number of alkyl halides is 1. The van der Waals surface area contributed by atoms with E-state index in [4.69, 9.17) is 4.74 Å². The number of hydrogen-bond acceptors (Lipinski definition) is 3. The number of benzene rings is 1. The van der Waals surface area contributed by atoms with Gasteiger partial charge >= 0.3 is 6.09 Å². The summed E-state index contributed by atoms with van der Waals surface area (Å²) in [7, 11) is 0. The fourth-order valence-electron chi connectivity index (χ4n) is 3.11. The molecule has 1 amide bonds. The number of ether oxygens (including phenoxy) is 1. The van der Waals surface area contributed by atoms with Crippen molar-refractivity contribution in [1.82, 2.24) is 5.32 Å². The van der Waals surface area contributed by atoms with Gasteiger partial charge in [0.2, 0.25) is 0 Å². The first-order chi connectivity index (χ1) is 11.7. The summed E-state index contributed by atoms with van der Waals surface area (Å²) in [6.45, 7) is 5.67. The van der Waals surface area contributed by atoms with E-state index >= 15 is 0 Å². The highest BCUT2D eigenvalue weighted by Gasteiger charge is 2.38. The summed E-state index contributed by atoms with van der Waals surface area (Å²) in [5, 5.41) is 12.9. The molecule has 0 bridgehead atoms. The Labute approximate surface area is 156 Å². The minimum atomic E-state index is -0.716. The lowest BCUT2D eigenvalue weighted by Crippen LogP contribution is -2.43. The first-order valence-corrected chi connectivity index (χ1v) is 9.56. The standard InChI is InChI=1S/C19H24BrFN2O2/c1-18(2,3)23-17(24)25-15-6-8-19(12-22,9-7-15)14-5-4-13(11-20)16(21)10-14/h4-5,10,15H,6-9,11H2,1-3H3,(H,23,24). The molecule has 1 fully saturated rings. The minimum Gasteiger partial charge on any atom is -0.446 e. The Morgan fingerprint density at radius 3 is 2.56 bits per heavy atom. The number of carbonyl (C=O) groups excluding carboxylic acids is 1. The summed E-state index contributed by atoms with van der Waals surface area (Å²) in [6.07, 6.45) is 1.62. The maximum atomic E-state index is 14.1. The molecule has 1 aromatic carbocycles. The summed E-state index contributed by atoms with van der Waals surface area (Å²) in [5.74, 6) is -0.299. The number of rotatable bonds is 3. The van der Waals surface area contributed by atoms with Crippen LogP contribution in [0.1, 0.15) is 57.6 Å². The quantitative estimate of drug-likeness (QED) is 0.716.